The minimum atomic E-state index is 0.514. The summed E-state index contributed by atoms with van der Waals surface area (Å²) in [5, 5.41) is 0. The Hall–Kier alpha value is -2.16. The van der Waals surface area contributed by atoms with Crippen LogP contribution in [0.2, 0.25) is 0 Å². The summed E-state index contributed by atoms with van der Waals surface area (Å²) in [7, 11) is 0. The molecule has 0 heterocycles. The predicted octanol–water partition coefficient (Wildman–Crippen LogP) is 4.13. The summed E-state index contributed by atoms with van der Waals surface area (Å²) in [6.45, 7) is 20.2. The highest BCUT2D eigenvalue weighted by Crippen LogP contribution is 1.87. The zero-order chi connectivity index (χ0) is 17.0. The van der Waals surface area contributed by atoms with Crippen molar-refractivity contribution in [2.75, 3.05) is 0 Å². The maximum absolute atomic E-state index is 5.40. The zero-order valence-corrected chi connectivity index (χ0v) is 13.8. The first-order valence-corrected chi connectivity index (χ1v) is 6.72. The lowest BCUT2D eigenvalue weighted by Gasteiger charge is -1.88. The predicted molar refractivity (Wildman–Crippen MR) is 95.8 cm³/mol. The van der Waals surface area contributed by atoms with E-state index in [-0.39, 0.29) is 0 Å². The van der Waals surface area contributed by atoms with Crippen molar-refractivity contribution in [3.05, 3.63) is 73.3 Å². The van der Waals surface area contributed by atoms with Gasteiger partial charge in [0.05, 0.1) is 0 Å². The highest BCUT2D eigenvalue weighted by atomic mass is 14.6. The molecule has 0 aliphatic heterocycles. The molecule has 0 aliphatic carbocycles. The molecule has 3 heteroatoms. The zero-order valence-electron chi connectivity index (χ0n) is 13.8. The summed E-state index contributed by atoms with van der Waals surface area (Å²) in [6, 6.07) is 0. The van der Waals surface area contributed by atoms with E-state index in [0.717, 1.165) is 0 Å². The van der Waals surface area contributed by atoms with Crippen LogP contribution in [0.1, 0.15) is 34.6 Å². The molecule has 0 unspecified atom stereocenters. The molecule has 0 aromatic rings. The maximum Gasteiger partial charge on any atom is 0.0307 e. The van der Waals surface area contributed by atoms with E-state index in [1.807, 2.05) is 34.6 Å². The Kier molecular flexibility index (Phi) is 33.8. The molecule has 3 nitrogen and oxygen atoms in total. The summed E-state index contributed by atoms with van der Waals surface area (Å²) in [4.78, 5) is 0. The number of allylic oxidation sites excluding steroid dienone is 6. The average Bonchev–Trinajstić information content (AvgIpc) is 2.49. The van der Waals surface area contributed by atoms with E-state index in [4.69, 9.17) is 17.2 Å². The lowest BCUT2D eigenvalue weighted by atomic mass is 10.3. The Bertz CT molecular complexity index is 321. The molecule has 0 saturated heterocycles. The van der Waals surface area contributed by atoms with Crippen LogP contribution in [0, 0.1) is 0 Å². The number of hydrogen-bond acceptors (Lipinski definition) is 3. The van der Waals surface area contributed by atoms with Crippen LogP contribution in [-0.4, -0.2) is 0 Å². The molecule has 0 saturated carbocycles. The Morgan fingerprint density at radius 1 is 0.850 bits per heavy atom. The van der Waals surface area contributed by atoms with E-state index in [0.29, 0.717) is 17.1 Å². The van der Waals surface area contributed by atoms with Crippen molar-refractivity contribution in [3.8, 4) is 0 Å². The van der Waals surface area contributed by atoms with Crippen LogP contribution in [0.5, 0.6) is 0 Å². The molecule has 0 aromatic heterocycles. The van der Waals surface area contributed by atoms with Crippen molar-refractivity contribution in [1.82, 2.24) is 0 Å². The topological polar surface area (TPSA) is 78.1 Å². The largest absolute Gasteiger partial charge is 0.399 e. The molecule has 0 spiro atoms. The summed E-state index contributed by atoms with van der Waals surface area (Å²) in [5.41, 5.74) is 17.7. The molecule has 0 bridgehead atoms. The van der Waals surface area contributed by atoms with Crippen molar-refractivity contribution in [2.45, 2.75) is 34.6 Å². The SMILES string of the molecule is C=C(N)/C=C\C(N)=C/C.C=C/C=C(/N)C=C.CC.CC. The number of rotatable bonds is 4. The molecular weight excluding hydrogens is 246 g/mol. The van der Waals surface area contributed by atoms with E-state index in [9.17, 15) is 0 Å². The van der Waals surface area contributed by atoms with Crippen LogP contribution < -0.4 is 17.2 Å². The van der Waals surface area contributed by atoms with Gasteiger partial charge in [0.25, 0.3) is 0 Å². The van der Waals surface area contributed by atoms with Gasteiger partial charge in [-0.25, -0.2) is 0 Å². The van der Waals surface area contributed by atoms with Gasteiger partial charge in [-0.1, -0.05) is 59.6 Å². The fourth-order valence-corrected chi connectivity index (χ4v) is 0.504. The van der Waals surface area contributed by atoms with Crippen molar-refractivity contribution in [1.29, 1.82) is 0 Å². The molecule has 0 radical (unpaired) electrons. The molecule has 0 amide bonds. The van der Waals surface area contributed by atoms with Gasteiger partial charge in [0.2, 0.25) is 0 Å². The van der Waals surface area contributed by atoms with E-state index < -0.39 is 0 Å². The van der Waals surface area contributed by atoms with Crippen LogP contribution in [-0.2, 0) is 0 Å². The Balaban J connectivity index is -0.000000104. The monoisotopic (exact) mass is 279 g/mol. The first-order chi connectivity index (χ1) is 9.47. The van der Waals surface area contributed by atoms with E-state index in [1.54, 1.807) is 36.5 Å². The van der Waals surface area contributed by atoms with Crippen molar-refractivity contribution in [2.24, 2.45) is 17.2 Å². The summed E-state index contributed by atoms with van der Waals surface area (Å²) in [5.74, 6) is 0. The van der Waals surface area contributed by atoms with Gasteiger partial charge in [-0.2, -0.15) is 0 Å². The number of hydrogen-bond donors (Lipinski definition) is 3. The molecule has 0 aliphatic rings. The molecule has 20 heavy (non-hydrogen) atoms. The van der Waals surface area contributed by atoms with E-state index in [2.05, 4.69) is 19.7 Å². The quantitative estimate of drug-likeness (QED) is 0.677. The smallest absolute Gasteiger partial charge is 0.0307 e. The van der Waals surface area contributed by atoms with E-state index in [1.165, 1.54) is 0 Å². The van der Waals surface area contributed by atoms with Gasteiger partial charge in [-0.05, 0) is 31.2 Å². The van der Waals surface area contributed by atoms with Crippen LogP contribution >= 0.6 is 0 Å². The Morgan fingerprint density at radius 2 is 1.30 bits per heavy atom. The van der Waals surface area contributed by atoms with Gasteiger partial charge in [-0.3, -0.25) is 0 Å². The Labute approximate surface area is 125 Å². The fraction of sp³-hybridized carbons (Fsp3) is 0.294. The third-order valence-electron chi connectivity index (χ3n) is 1.37. The van der Waals surface area contributed by atoms with Gasteiger partial charge < -0.3 is 17.2 Å². The summed E-state index contributed by atoms with van der Waals surface area (Å²) >= 11 is 0. The Morgan fingerprint density at radius 3 is 1.50 bits per heavy atom. The second-order valence-corrected chi connectivity index (χ2v) is 2.80. The fourth-order valence-electron chi connectivity index (χ4n) is 0.504. The molecule has 0 atom stereocenters. The molecule has 6 N–H and O–H groups in total. The normalized spacial score (nSPS) is 9.85. The lowest BCUT2D eigenvalue weighted by molar-refractivity contribution is 1.37. The van der Waals surface area contributed by atoms with Crippen LogP contribution in [0.4, 0.5) is 0 Å². The van der Waals surface area contributed by atoms with Crippen LogP contribution in [0.3, 0.4) is 0 Å². The van der Waals surface area contributed by atoms with Crippen LogP contribution in [0.25, 0.3) is 0 Å². The van der Waals surface area contributed by atoms with Crippen molar-refractivity contribution >= 4 is 0 Å². The first kappa shape index (κ1) is 26.4. The minimum Gasteiger partial charge on any atom is -0.399 e. The van der Waals surface area contributed by atoms with Gasteiger partial charge in [-0.15, -0.1) is 0 Å². The third kappa shape index (κ3) is 36.0. The highest BCUT2D eigenvalue weighted by molar-refractivity contribution is 5.21. The molecule has 116 valence electrons. The summed E-state index contributed by atoms with van der Waals surface area (Å²) in [6.07, 6.45) is 10.0. The van der Waals surface area contributed by atoms with Gasteiger partial charge in [0, 0.05) is 17.1 Å². The third-order valence-corrected chi connectivity index (χ3v) is 1.37. The molecule has 0 fully saturated rings. The van der Waals surface area contributed by atoms with Gasteiger partial charge in [0.15, 0.2) is 0 Å². The second-order valence-electron chi connectivity index (χ2n) is 2.80. The maximum atomic E-state index is 5.40. The van der Waals surface area contributed by atoms with Crippen molar-refractivity contribution in [3.63, 3.8) is 0 Å². The standard InChI is InChI=1S/C7H12N2.C6H9N.2C2H6/c1-3-7(9)5-4-6(2)8;1-3-5-6(7)4-2;2*1-2/h3-5H,2,8-9H2,1H3;3-5H,1-2,7H2;2*1-2H3/b5-4-,7-3+;6-5+;;. The molecular formula is C17H33N3. The van der Waals surface area contributed by atoms with Gasteiger partial charge >= 0.3 is 0 Å². The minimum absolute atomic E-state index is 0.514. The van der Waals surface area contributed by atoms with Crippen LogP contribution in [0.15, 0.2) is 73.3 Å². The average molecular weight is 279 g/mol. The van der Waals surface area contributed by atoms with E-state index >= 15 is 0 Å². The van der Waals surface area contributed by atoms with Gasteiger partial charge in [0.1, 0.15) is 0 Å². The molecule has 0 rings (SSSR count). The lowest BCUT2D eigenvalue weighted by Crippen LogP contribution is -1.94. The summed E-state index contributed by atoms with van der Waals surface area (Å²) < 4.78 is 0. The molecule has 0 aromatic carbocycles. The second kappa shape index (κ2) is 25.6. The first-order valence-electron chi connectivity index (χ1n) is 6.72. The number of nitrogens with two attached hydrogens (primary N) is 3. The highest BCUT2D eigenvalue weighted by Gasteiger charge is 1.76. The van der Waals surface area contributed by atoms with Crippen molar-refractivity contribution < 1.29 is 0 Å².